The molecule has 3 rings (SSSR count). The summed E-state index contributed by atoms with van der Waals surface area (Å²) in [4.78, 5) is 12.2. The number of nitrogens with one attached hydrogen (secondary N) is 2. The molecule has 2 heterocycles. The number of benzene rings is 1. The van der Waals surface area contributed by atoms with Crippen LogP contribution < -0.4 is 10.6 Å². The van der Waals surface area contributed by atoms with E-state index in [1.54, 1.807) is 24.3 Å². The Bertz CT molecular complexity index is 786. The normalized spacial score (nSPS) is 18.0. The van der Waals surface area contributed by atoms with Crippen LogP contribution in [0.1, 0.15) is 37.4 Å². The zero-order valence-corrected chi connectivity index (χ0v) is 17.0. The van der Waals surface area contributed by atoms with Gasteiger partial charge in [0.05, 0.1) is 5.69 Å². The third-order valence-electron chi connectivity index (χ3n) is 5.22. The topological polar surface area (TPSA) is 59.0 Å². The van der Waals surface area contributed by atoms with Gasteiger partial charge in [-0.1, -0.05) is 19.1 Å². The van der Waals surface area contributed by atoms with Crippen molar-refractivity contribution < 1.29 is 18.0 Å². The Morgan fingerprint density at radius 3 is 2.62 bits per heavy atom. The van der Waals surface area contributed by atoms with Crippen molar-refractivity contribution in [1.29, 1.82) is 0 Å². The largest absolute Gasteiger partial charge is 0.435 e. The van der Waals surface area contributed by atoms with Crippen molar-refractivity contribution in [3.05, 3.63) is 47.8 Å². The lowest BCUT2D eigenvalue weighted by molar-refractivity contribution is -0.141. The fourth-order valence-electron chi connectivity index (χ4n) is 3.48. The molecule has 1 amide bonds. The van der Waals surface area contributed by atoms with E-state index in [0.717, 1.165) is 37.6 Å². The second kappa shape index (κ2) is 10.1. The van der Waals surface area contributed by atoms with Crippen molar-refractivity contribution in [2.45, 2.75) is 38.9 Å². The number of piperidine rings is 1. The van der Waals surface area contributed by atoms with Gasteiger partial charge in [0, 0.05) is 19.2 Å². The van der Waals surface area contributed by atoms with Crippen LogP contribution >= 0.6 is 12.4 Å². The highest BCUT2D eigenvalue weighted by Crippen LogP contribution is 2.28. The van der Waals surface area contributed by atoms with Crippen molar-refractivity contribution in [3.8, 4) is 5.69 Å². The lowest BCUT2D eigenvalue weighted by Crippen LogP contribution is -2.35. The van der Waals surface area contributed by atoms with Gasteiger partial charge in [0.15, 0.2) is 5.69 Å². The summed E-state index contributed by atoms with van der Waals surface area (Å²) >= 11 is 0. The Balaban J connectivity index is 0.00000300. The van der Waals surface area contributed by atoms with Crippen LogP contribution in [0.5, 0.6) is 0 Å². The average molecular weight is 431 g/mol. The summed E-state index contributed by atoms with van der Waals surface area (Å²) in [6, 6.07) is 7.87. The SMILES string of the molecule is CC(CC(=O)NCc1ccc(-n2ccc(C(F)(F)F)n2)cc1)C1CCCNC1.Cl. The second-order valence-corrected chi connectivity index (χ2v) is 7.37. The van der Waals surface area contributed by atoms with Crippen LogP contribution in [0.3, 0.4) is 0 Å². The number of carbonyl (C=O) groups is 1. The Morgan fingerprint density at radius 1 is 1.31 bits per heavy atom. The van der Waals surface area contributed by atoms with Crippen LogP contribution in [0.15, 0.2) is 36.5 Å². The Kier molecular flexibility index (Phi) is 8.10. The highest BCUT2D eigenvalue weighted by molar-refractivity contribution is 5.85. The number of nitrogens with zero attached hydrogens (tertiary/aromatic N) is 2. The van der Waals surface area contributed by atoms with Gasteiger partial charge in [-0.25, -0.2) is 4.68 Å². The molecule has 5 nitrogen and oxygen atoms in total. The number of hydrogen-bond acceptors (Lipinski definition) is 3. The monoisotopic (exact) mass is 430 g/mol. The van der Waals surface area contributed by atoms with Gasteiger partial charge < -0.3 is 10.6 Å². The Morgan fingerprint density at radius 2 is 2.03 bits per heavy atom. The van der Waals surface area contributed by atoms with Gasteiger partial charge in [0.25, 0.3) is 0 Å². The molecule has 160 valence electrons. The van der Waals surface area contributed by atoms with E-state index in [9.17, 15) is 18.0 Å². The molecule has 29 heavy (non-hydrogen) atoms. The predicted octanol–water partition coefficient (Wildman–Crippen LogP) is 3.95. The second-order valence-electron chi connectivity index (χ2n) is 7.37. The molecule has 1 aliphatic heterocycles. The van der Waals surface area contributed by atoms with Gasteiger partial charge in [-0.05, 0) is 61.5 Å². The summed E-state index contributed by atoms with van der Waals surface area (Å²) in [6.07, 6.45) is -0.366. The van der Waals surface area contributed by atoms with E-state index in [0.29, 0.717) is 30.5 Å². The molecule has 2 atom stereocenters. The zero-order chi connectivity index (χ0) is 20.1. The number of halogens is 4. The Hall–Kier alpha value is -2.06. The number of carbonyl (C=O) groups excluding carboxylic acids is 1. The summed E-state index contributed by atoms with van der Waals surface area (Å²) in [5, 5.41) is 9.85. The maximum absolute atomic E-state index is 12.6. The molecule has 0 spiro atoms. The van der Waals surface area contributed by atoms with Gasteiger partial charge >= 0.3 is 6.18 Å². The lowest BCUT2D eigenvalue weighted by Gasteiger charge is -2.28. The molecule has 0 saturated carbocycles. The van der Waals surface area contributed by atoms with E-state index in [1.807, 2.05) is 0 Å². The van der Waals surface area contributed by atoms with E-state index < -0.39 is 11.9 Å². The molecular formula is C20H26ClF3N4O. The highest BCUT2D eigenvalue weighted by Gasteiger charge is 2.33. The Labute approximate surface area is 174 Å². The summed E-state index contributed by atoms with van der Waals surface area (Å²) in [6.45, 7) is 4.54. The van der Waals surface area contributed by atoms with E-state index in [4.69, 9.17) is 0 Å². The van der Waals surface area contributed by atoms with Crippen LogP contribution in [0.25, 0.3) is 5.69 Å². The minimum absolute atomic E-state index is 0. The maximum atomic E-state index is 12.6. The van der Waals surface area contributed by atoms with Crippen LogP contribution in [-0.2, 0) is 17.5 Å². The molecule has 2 unspecified atom stereocenters. The molecular weight excluding hydrogens is 405 g/mol. The number of aromatic nitrogens is 2. The van der Waals surface area contributed by atoms with Gasteiger partial charge in [-0.15, -0.1) is 12.4 Å². The minimum Gasteiger partial charge on any atom is -0.352 e. The quantitative estimate of drug-likeness (QED) is 0.729. The van der Waals surface area contributed by atoms with E-state index >= 15 is 0 Å². The number of rotatable bonds is 6. The fraction of sp³-hybridized carbons (Fsp3) is 0.500. The highest BCUT2D eigenvalue weighted by atomic mass is 35.5. The maximum Gasteiger partial charge on any atom is 0.435 e. The van der Waals surface area contributed by atoms with Crippen molar-refractivity contribution in [2.24, 2.45) is 11.8 Å². The van der Waals surface area contributed by atoms with Crippen molar-refractivity contribution in [1.82, 2.24) is 20.4 Å². The molecule has 1 saturated heterocycles. The predicted molar refractivity (Wildman–Crippen MR) is 107 cm³/mol. The van der Waals surface area contributed by atoms with Gasteiger partial charge in [-0.3, -0.25) is 4.79 Å². The van der Waals surface area contributed by atoms with Crippen LogP contribution in [0.4, 0.5) is 13.2 Å². The molecule has 1 aromatic carbocycles. The molecule has 2 aromatic rings. The van der Waals surface area contributed by atoms with Crippen LogP contribution in [-0.4, -0.2) is 28.8 Å². The first-order valence-corrected chi connectivity index (χ1v) is 9.52. The van der Waals surface area contributed by atoms with Crippen molar-refractivity contribution >= 4 is 18.3 Å². The van der Waals surface area contributed by atoms with E-state index in [1.165, 1.54) is 10.9 Å². The van der Waals surface area contributed by atoms with Crippen molar-refractivity contribution in [3.63, 3.8) is 0 Å². The van der Waals surface area contributed by atoms with Gasteiger partial charge in [0.1, 0.15) is 0 Å². The average Bonchev–Trinajstić information content (AvgIpc) is 3.18. The molecule has 1 fully saturated rings. The van der Waals surface area contributed by atoms with Crippen molar-refractivity contribution in [2.75, 3.05) is 13.1 Å². The van der Waals surface area contributed by atoms with E-state index in [-0.39, 0.29) is 18.3 Å². The van der Waals surface area contributed by atoms with Gasteiger partial charge in [-0.2, -0.15) is 18.3 Å². The molecule has 0 aliphatic carbocycles. The number of alkyl halides is 3. The summed E-state index contributed by atoms with van der Waals surface area (Å²) in [7, 11) is 0. The summed E-state index contributed by atoms with van der Waals surface area (Å²) in [5.41, 5.74) is 0.488. The van der Waals surface area contributed by atoms with Crippen LogP contribution in [0, 0.1) is 11.8 Å². The molecule has 2 N–H and O–H groups in total. The zero-order valence-electron chi connectivity index (χ0n) is 16.2. The molecule has 1 aliphatic rings. The number of amides is 1. The van der Waals surface area contributed by atoms with Gasteiger partial charge in [0.2, 0.25) is 5.91 Å². The van der Waals surface area contributed by atoms with E-state index in [2.05, 4.69) is 22.7 Å². The molecule has 1 aromatic heterocycles. The fourth-order valence-corrected chi connectivity index (χ4v) is 3.48. The third kappa shape index (κ3) is 6.47. The minimum atomic E-state index is -4.46. The third-order valence-corrected chi connectivity index (χ3v) is 5.22. The first kappa shape index (κ1) is 23.2. The molecule has 0 radical (unpaired) electrons. The smallest absolute Gasteiger partial charge is 0.352 e. The first-order chi connectivity index (χ1) is 13.3. The number of hydrogen-bond donors (Lipinski definition) is 2. The van der Waals surface area contributed by atoms with Crippen LogP contribution in [0.2, 0.25) is 0 Å². The standard InChI is InChI=1S/C20H25F3N4O.ClH/c1-14(16-3-2-9-24-13-16)11-19(28)25-12-15-4-6-17(7-5-15)27-10-8-18(26-27)20(21,22)23;/h4-8,10,14,16,24H,2-3,9,11-13H2,1H3,(H,25,28);1H. The molecule has 0 bridgehead atoms. The first-order valence-electron chi connectivity index (χ1n) is 9.52. The lowest BCUT2D eigenvalue weighted by atomic mass is 9.85. The summed E-state index contributed by atoms with van der Waals surface area (Å²) in [5.74, 6) is 0.885. The summed E-state index contributed by atoms with van der Waals surface area (Å²) < 4.78 is 39.1. The molecule has 9 heteroatoms.